The Hall–Kier alpha value is -2.09. The molecule has 0 saturated carbocycles. The second-order valence-electron chi connectivity index (χ2n) is 6.21. The molecular weight excluding hydrogens is 424 g/mol. The molecule has 5 nitrogen and oxygen atoms in total. The average molecular weight is 440 g/mol. The number of amides is 2. The summed E-state index contributed by atoms with van der Waals surface area (Å²) in [5.74, 6) is -1.04. The number of halogens is 3. The predicted molar refractivity (Wildman–Crippen MR) is 112 cm³/mol. The van der Waals surface area contributed by atoms with Gasteiger partial charge in [0.25, 0.3) is 0 Å². The van der Waals surface area contributed by atoms with E-state index in [4.69, 9.17) is 23.2 Å². The van der Waals surface area contributed by atoms with Crippen LogP contribution in [0.4, 0.5) is 15.8 Å². The third-order valence-corrected chi connectivity index (χ3v) is 5.86. The van der Waals surface area contributed by atoms with Crippen molar-refractivity contribution in [1.29, 1.82) is 0 Å². The fraction of sp³-hybridized carbons (Fsp3) is 0.211. The van der Waals surface area contributed by atoms with E-state index in [1.165, 1.54) is 34.9 Å². The minimum absolute atomic E-state index is 0.000892. The molecule has 2 aromatic carbocycles. The SMILES string of the molecule is Cc1cc(Cl)ccc1NC(=O)C[C@H]1SC(=Nc2ccc(F)c(Cl)c2)N(C)C1=O. The van der Waals surface area contributed by atoms with E-state index in [1.807, 2.05) is 6.92 Å². The van der Waals surface area contributed by atoms with Gasteiger partial charge in [-0.15, -0.1) is 0 Å². The van der Waals surface area contributed by atoms with Gasteiger partial charge in [-0.2, -0.15) is 0 Å². The van der Waals surface area contributed by atoms with Crippen LogP contribution >= 0.6 is 35.0 Å². The fourth-order valence-corrected chi connectivity index (χ4v) is 4.16. The van der Waals surface area contributed by atoms with Crippen LogP contribution in [0, 0.1) is 12.7 Å². The second kappa shape index (κ2) is 8.51. The fourth-order valence-electron chi connectivity index (χ4n) is 2.60. The first kappa shape index (κ1) is 20.6. The number of aryl methyl sites for hydroxylation is 1. The predicted octanol–water partition coefficient (Wildman–Crippen LogP) is 5.03. The molecule has 1 atom stereocenters. The van der Waals surface area contributed by atoms with Crippen molar-refractivity contribution in [3.8, 4) is 0 Å². The zero-order valence-electron chi connectivity index (χ0n) is 15.0. The molecule has 9 heteroatoms. The molecule has 1 fully saturated rings. The number of carbonyl (C=O) groups is 2. The number of anilines is 1. The molecule has 2 aromatic rings. The smallest absolute Gasteiger partial charge is 0.242 e. The van der Waals surface area contributed by atoms with Crippen LogP contribution in [0.25, 0.3) is 0 Å². The van der Waals surface area contributed by atoms with E-state index in [0.717, 1.165) is 5.56 Å². The number of thioether (sulfide) groups is 1. The van der Waals surface area contributed by atoms with Crippen LogP contribution in [-0.2, 0) is 9.59 Å². The number of carbonyl (C=O) groups excluding carboxylic acids is 2. The number of benzene rings is 2. The van der Waals surface area contributed by atoms with Crippen molar-refractivity contribution in [2.24, 2.45) is 4.99 Å². The summed E-state index contributed by atoms with van der Waals surface area (Å²) in [4.78, 5) is 30.6. The molecule has 0 radical (unpaired) electrons. The number of aliphatic imine (C=N–C) groups is 1. The normalized spacial score (nSPS) is 18.0. The number of nitrogens with zero attached hydrogens (tertiary/aromatic N) is 2. The minimum atomic E-state index is -0.590. The molecule has 28 heavy (non-hydrogen) atoms. The quantitative estimate of drug-likeness (QED) is 0.726. The maximum atomic E-state index is 13.3. The van der Waals surface area contributed by atoms with Crippen molar-refractivity contribution in [2.75, 3.05) is 12.4 Å². The molecule has 0 bridgehead atoms. The van der Waals surface area contributed by atoms with Gasteiger partial charge in [0.2, 0.25) is 11.8 Å². The van der Waals surface area contributed by atoms with Crippen molar-refractivity contribution in [1.82, 2.24) is 4.90 Å². The summed E-state index contributed by atoms with van der Waals surface area (Å²) in [5.41, 5.74) is 1.90. The van der Waals surface area contributed by atoms with E-state index >= 15 is 0 Å². The first-order chi connectivity index (χ1) is 13.2. The van der Waals surface area contributed by atoms with Gasteiger partial charge in [0.15, 0.2) is 5.17 Å². The van der Waals surface area contributed by atoms with Crippen molar-refractivity contribution in [3.05, 3.63) is 57.8 Å². The van der Waals surface area contributed by atoms with Crippen LogP contribution in [0.1, 0.15) is 12.0 Å². The van der Waals surface area contributed by atoms with Gasteiger partial charge < -0.3 is 5.32 Å². The zero-order chi connectivity index (χ0) is 20.4. The Morgan fingerprint density at radius 2 is 2.04 bits per heavy atom. The summed E-state index contributed by atoms with van der Waals surface area (Å²) >= 11 is 12.9. The Labute approximate surface area is 175 Å². The molecule has 2 amide bonds. The Balaban J connectivity index is 1.69. The van der Waals surface area contributed by atoms with Gasteiger partial charge in [-0.3, -0.25) is 14.5 Å². The monoisotopic (exact) mass is 439 g/mol. The lowest BCUT2D eigenvalue weighted by molar-refractivity contribution is -0.127. The largest absolute Gasteiger partial charge is 0.326 e. The first-order valence-electron chi connectivity index (χ1n) is 8.28. The molecule has 1 N–H and O–H groups in total. The van der Waals surface area contributed by atoms with Crippen molar-refractivity contribution in [3.63, 3.8) is 0 Å². The molecule has 1 heterocycles. The zero-order valence-corrected chi connectivity index (χ0v) is 17.3. The standard InChI is InChI=1S/C19H16Cl2FN3O2S/c1-10-7-11(20)3-6-15(10)24-17(26)9-16-18(27)25(2)19(28-16)23-12-4-5-14(22)13(21)8-12/h3-8,16H,9H2,1-2H3,(H,24,26)/t16-/m1/s1. The van der Waals surface area contributed by atoms with E-state index in [2.05, 4.69) is 10.3 Å². The van der Waals surface area contributed by atoms with Crippen LogP contribution in [0.15, 0.2) is 41.4 Å². The average Bonchev–Trinajstić information content (AvgIpc) is 2.88. The lowest BCUT2D eigenvalue weighted by Gasteiger charge is -2.11. The highest BCUT2D eigenvalue weighted by molar-refractivity contribution is 8.15. The molecule has 1 aliphatic heterocycles. The van der Waals surface area contributed by atoms with Gasteiger partial charge >= 0.3 is 0 Å². The molecule has 1 saturated heterocycles. The Kier molecular flexibility index (Phi) is 6.27. The second-order valence-corrected chi connectivity index (χ2v) is 8.22. The van der Waals surface area contributed by atoms with E-state index < -0.39 is 11.1 Å². The molecule has 146 valence electrons. The van der Waals surface area contributed by atoms with Crippen molar-refractivity contribution in [2.45, 2.75) is 18.6 Å². The number of nitrogens with one attached hydrogen (secondary N) is 1. The highest BCUT2D eigenvalue weighted by Crippen LogP contribution is 2.32. The van der Waals surface area contributed by atoms with Crippen LogP contribution in [0.5, 0.6) is 0 Å². The lowest BCUT2D eigenvalue weighted by Crippen LogP contribution is -2.30. The van der Waals surface area contributed by atoms with E-state index in [-0.39, 0.29) is 23.3 Å². The van der Waals surface area contributed by atoms with Crippen LogP contribution < -0.4 is 5.32 Å². The molecule has 0 aliphatic carbocycles. The minimum Gasteiger partial charge on any atom is -0.326 e. The highest BCUT2D eigenvalue weighted by atomic mass is 35.5. The number of amidine groups is 1. The molecule has 0 unspecified atom stereocenters. The number of hydrogen-bond donors (Lipinski definition) is 1. The highest BCUT2D eigenvalue weighted by Gasteiger charge is 2.37. The Morgan fingerprint density at radius 1 is 1.29 bits per heavy atom. The summed E-state index contributed by atoms with van der Waals surface area (Å²) in [6.45, 7) is 1.84. The summed E-state index contributed by atoms with van der Waals surface area (Å²) in [5, 5.41) is 3.17. The Bertz CT molecular complexity index is 984. The molecule has 0 spiro atoms. The summed E-state index contributed by atoms with van der Waals surface area (Å²) in [6, 6.07) is 9.21. The third-order valence-electron chi connectivity index (χ3n) is 4.10. The summed E-state index contributed by atoms with van der Waals surface area (Å²) in [6.07, 6.45) is -0.000892. The maximum Gasteiger partial charge on any atom is 0.242 e. The number of rotatable bonds is 4. The van der Waals surface area contributed by atoms with Gasteiger partial charge in [-0.25, -0.2) is 9.38 Å². The van der Waals surface area contributed by atoms with Gasteiger partial charge in [-0.1, -0.05) is 35.0 Å². The molecule has 1 aliphatic rings. The van der Waals surface area contributed by atoms with Gasteiger partial charge in [0.1, 0.15) is 11.1 Å². The van der Waals surface area contributed by atoms with Crippen LogP contribution in [0.2, 0.25) is 10.0 Å². The van der Waals surface area contributed by atoms with E-state index in [0.29, 0.717) is 21.6 Å². The van der Waals surface area contributed by atoms with Gasteiger partial charge in [0.05, 0.1) is 10.7 Å². The van der Waals surface area contributed by atoms with E-state index in [1.54, 1.807) is 25.2 Å². The van der Waals surface area contributed by atoms with E-state index in [9.17, 15) is 14.0 Å². The summed E-state index contributed by atoms with van der Waals surface area (Å²) < 4.78 is 13.3. The van der Waals surface area contributed by atoms with Crippen molar-refractivity contribution < 1.29 is 14.0 Å². The topological polar surface area (TPSA) is 61.8 Å². The van der Waals surface area contributed by atoms with Gasteiger partial charge in [-0.05, 0) is 48.9 Å². The van der Waals surface area contributed by atoms with Crippen molar-refractivity contribution >= 4 is 63.3 Å². The van der Waals surface area contributed by atoms with Crippen LogP contribution in [0.3, 0.4) is 0 Å². The Morgan fingerprint density at radius 3 is 2.71 bits per heavy atom. The van der Waals surface area contributed by atoms with Crippen LogP contribution in [-0.4, -0.2) is 34.2 Å². The summed E-state index contributed by atoms with van der Waals surface area (Å²) in [7, 11) is 1.58. The molecule has 3 rings (SSSR count). The lowest BCUT2D eigenvalue weighted by atomic mass is 10.2. The number of hydrogen-bond acceptors (Lipinski definition) is 4. The van der Waals surface area contributed by atoms with Gasteiger partial charge in [0, 0.05) is 24.2 Å². The first-order valence-corrected chi connectivity index (χ1v) is 9.92. The molecular formula is C19H16Cl2FN3O2S. The maximum absolute atomic E-state index is 13.3. The third kappa shape index (κ3) is 4.66. The molecule has 0 aromatic heterocycles.